The summed E-state index contributed by atoms with van der Waals surface area (Å²) in [6.07, 6.45) is 7.64. The second kappa shape index (κ2) is 7.56. The third-order valence-corrected chi connectivity index (χ3v) is 5.85. The monoisotopic (exact) mass is 398 g/mol. The van der Waals surface area contributed by atoms with Crippen LogP contribution in [0.1, 0.15) is 46.4 Å². The molecular weight excluding hydrogens is 376 g/mol. The summed E-state index contributed by atoms with van der Waals surface area (Å²) in [5.74, 6) is -0.0302. The van der Waals surface area contributed by atoms with Crippen molar-refractivity contribution in [1.82, 2.24) is 14.8 Å². The van der Waals surface area contributed by atoms with Crippen molar-refractivity contribution in [1.29, 1.82) is 5.26 Å². The Balaban J connectivity index is 1.62. The van der Waals surface area contributed by atoms with E-state index in [1.807, 2.05) is 37.3 Å². The lowest BCUT2D eigenvalue weighted by atomic mass is 9.63. The number of nitrogens with zero attached hydrogens (tertiary/aromatic N) is 5. The van der Waals surface area contributed by atoms with E-state index in [-0.39, 0.29) is 5.91 Å². The standard InChI is InChI=1S/C23H22N6O/c1-15-17(11-24)10-18(12-26-15)16-4-6-20(7-5-16)23(8-3-9-23)22(25)28-21(30)19-13-27-29(2)14-19/h4-7,10,12-14H,3,8-9H2,1-2H3,(H2,25,28,30). The van der Waals surface area contributed by atoms with Crippen LogP contribution in [0.5, 0.6) is 0 Å². The first-order chi connectivity index (χ1) is 14.4. The van der Waals surface area contributed by atoms with Crippen LogP contribution in [0.3, 0.4) is 0 Å². The Morgan fingerprint density at radius 1 is 1.23 bits per heavy atom. The van der Waals surface area contributed by atoms with Gasteiger partial charge in [-0.15, -0.1) is 0 Å². The number of carbonyl (C=O) groups excluding carboxylic acids is 1. The van der Waals surface area contributed by atoms with E-state index in [0.29, 0.717) is 22.7 Å². The van der Waals surface area contributed by atoms with E-state index in [9.17, 15) is 10.1 Å². The summed E-state index contributed by atoms with van der Waals surface area (Å²) in [6, 6.07) is 12.1. The number of carbonyl (C=O) groups is 1. The van der Waals surface area contributed by atoms with Gasteiger partial charge in [0.2, 0.25) is 0 Å². The number of nitrogens with two attached hydrogens (primary N) is 1. The summed E-state index contributed by atoms with van der Waals surface area (Å²) < 4.78 is 1.56. The number of hydrogen-bond acceptors (Lipinski definition) is 4. The lowest BCUT2D eigenvalue weighted by Crippen LogP contribution is -2.47. The Hall–Kier alpha value is -3.79. The first-order valence-corrected chi connectivity index (χ1v) is 9.78. The second-order valence-electron chi connectivity index (χ2n) is 7.69. The Bertz CT molecular complexity index is 1180. The molecule has 1 aliphatic rings. The van der Waals surface area contributed by atoms with E-state index in [0.717, 1.165) is 36.0 Å². The van der Waals surface area contributed by atoms with E-state index in [1.165, 1.54) is 6.20 Å². The SMILES string of the molecule is Cc1ncc(-c2ccc(C3(C(N)=NC(=O)c4cnn(C)c4)CCC3)cc2)cc1C#N. The van der Waals surface area contributed by atoms with Crippen LogP contribution in [-0.4, -0.2) is 26.5 Å². The molecule has 7 heteroatoms. The van der Waals surface area contributed by atoms with Crippen molar-refractivity contribution in [2.24, 2.45) is 17.8 Å². The summed E-state index contributed by atoms with van der Waals surface area (Å²) in [7, 11) is 1.75. The largest absolute Gasteiger partial charge is 0.386 e. The van der Waals surface area contributed by atoms with Gasteiger partial charge < -0.3 is 5.73 Å². The maximum Gasteiger partial charge on any atom is 0.281 e. The predicted molar refractivity (Wildman–Crippen MR) is 114 cm³/mol. The molecule has 1 amide bonds. The molecule has 2 N–H and O–H groups in total. The van der Waals surface area contributed by atoms with Gasteiger partial charge in [0.15, 0.2) is 0 Å². The van der Waals surface area contributed by atoms with Crippen molar-refractivity contribution in [3.05, 3.63) is 71.3 Å². The highest BCUT2D eigenvalue weighted by Crippen LogP contribution is 2.44. The Morgan fingerprint density at radius 3 is 2.53 bits per heavy atom. The van der Waals surface area contributed by atoms with Crippen molar-refractivity contribution in [2.75, 3.05) is 0 Å². The molecule has 0 spiro atoms. The van der Waals surface area contributed by atoms with Crippen molar-refractivity contribution in [2.45, 2.75) is 31.6 Å². The van der Waals surface area contributed by atoms with Gasteiger partial charge in [-0.1, -0.05) is 30.7 Å². The number of rotatable bonds is 4. The molecule has 7 nitrogen and oxygen atoms in total. The second-order valence-corrected chi connectivity index (χ2v) is 7.69. The van der Waals surface area contributed by atoms with Crippen LogP contribution in [0.2, 0.25) is 0 Å². The van der Waals surface area contributed by atoms with Gasteiger partial charge in [0.05, 0.1) is 28.4 Å². The summed E-state index contributed by atoms with van der Waals surface area (Å²) in [5, 5.41) is 13.3. The van der Waals surface area contributed by atoms with Crippen molar-refractivity contribution < 1.29 is 4.79 Å². The van der Waals surface area contributed by atoms with Crippen LogP contribution >= 0.6 is 0 Å². The molecule has 0 aliphatic heterocycles. The molecule has 0 saturated heterocycles. The average molecular weight is 398 g/mol. The zero-order chi connectivity index (χ0) is 21.3. The number of nitriles is 1. The fraction of sp³-hybridized carbons (Fsp3) is 0.261. The first kappa shape index (κ1) is 19.5. The zero-order valence-corrected chi connectivity index (χ0v) is 17.0. The number of aromatic nitrogens is 3. The van der Waals surface area contributed by atoms with Gasteiger partial charge in [0, 0.05) is 25.0 Å². The molecule has 150 valence electrons. The van der Waals surface area contributed by atoms with Crippen LogP contribution in [0.15, 0.2) is 53.9 Å². The maximum absolute atomic E-state index is 12.5. The summed E-state index contributed by atoms with van der Waals surface area (Å²) >= 11 is 0. The number of benzene rings is 1. The fourth-order valence-electron chi connectivity index (χ4n) is 3.82. The summed E-state index contributed by atoms with van der Waals surface area (Å²) in [5.41, 5.74) is 10.5. The number of amidine groups is 1. The molecule has 1 aliphatic carbocycles. The van der Waals surface area contributed by atoms with Gasteiger partial charge >= 0.3 is 0 Å². The van der Waals surface area contributed by atoms with Gasteiger partial charge in [-0.05, 0) is 37.0 Å². The van der Waals surface area contributed by atoms with E-state index in [4.69, 9.17) is 5.73 Å². The molecule has 0 bridgehead atoms. The third-order valence-electron chi connectivity index (χ3n) is 5.85. The average Bonchev–Trinajstić information content (AvgIpc) is 3.15. The molecule has 1 fully saturated rings. The first-order valence-electron chi connectivity index (χ1n) is 9.78. The molecule has 30 heavy (non-hydrogen) atoms. The lowest BCUT2D eigenvalue weighted by molar-refractivity contribution is 0.100. The number of amides is 1. The molecule has 0 unspecified atom stereocenters. The highest BCUT2D eigenvalue weighted by molar-refractivity contribution is 6.06. The van der Waals surface area contributed by atoms with Crippen LogP contribution in [0.25, 0.3) is 11.1 Å². The summed E-state index contributed by atoms with van der Waals surface area (Å²) in [6.45, 7) is 1.82. The van der Waals surface area contributed by atoms with E-state index in [1.54, 1.807) is 24.1 Å². The highest BCUT2D eigenvalue weighted by atomic mass is 16.1. The normalized spacial score (nSPS) is 15.3. The molecule has 3 aromatic rings. The quantitative estimate of drug-likeness (QED) is 0.536. The molecule has 1 saturated carbocycles. The molecule has 2 aromatic heterocycles. The lowest BCUT2D eigenvalue weighted by Gasteiger charge is -2.41. The van der Waals surface area contributed by atoms with Gasteiger partial charge in [0.1, 0.15) is 11.9 Å². The van der Waals surface area contributed by atoms with E-state index in [2.05, 4.69) is 21.1 Å². The van der Waals surface area contributed by atoms with Crippen molar-refractivity contribution in [3.8, 4) is 17.2 Å². The van der Waals surface area contributed by atoms with Crippen LogP contribution in [-0.2, 0) is 12.5 Å². The fourth-order valence-corrected chi connectivity index (χ4v) is 3.82. The van der Waals surface area contributed by atoms with Crippen LogP contribution in [0.4, 0.5) is 0 Å². The van der Waals surface area contributed by atoms with Gasteiger partial charge in [-0.3, -0.25) is 14.5 Å². The highest BCUT2D eigenvalue weighted by Gasteiger charge is 2.42. The molecule has 4 rings (SSSR count). The Labute approximate surface area is 174 Å². The van der Waals surface area contributed by atoms with Gasteiger partial charge in [0.25, 0.3) is 5.91 Å². The number of aryl methyl sites for hydroxylation is 2. The minimum atomic E-state index is -0.417. The zero-order valence-electron chi connectivity index (χ0n) is 17.0. The molecule has 0 atom stereocenters. The Morgan fingerprint density at radius 2 is 1.97 bits per heavy atom. The minimum Gasteiger partial charge on any atom is -0.386 e. The minimum absolute atomic E-state index is 0.346. The molecular formula is C23H22N6O. The number of pyridine rings is 1. The van der Waals surface area contributed by atoms with Crippen LogP contribution < -0.4 is 5.73 Å². The number of hydrogen-bond donors (Lipinski definition) is 1. The predicted octanol–water partition coefficient (Wildman–Crippen LogP) is 3.28. The molecule has 1 aromatic carbocycles. The maximum atomic E-state index is 12.5. The topological polar surface area (TPSA) is 110 Å². The van der Waals surface area contributed by atoms with Crippen molar-refractivity contribution in [3.63, 3.8) is 0 Å². The van der Waals surface area contributed by atoms with Crippen LogP contribution in [0, 0.1) is 18.3 Å². The van der Waals surface area contributed by atoms with Gasteiger partial charge in [-0.2, -0.15) is 15.4 Å². The van der Waals surface area contributed by atoms with Crippen molar-refractivity contribution >= 4 is 11.7 Å². The molecule has 0 radical (unpaired) electrons. The number of aliphatic imine (C=N–C) groups is 1. The van der Waals surface area contributed by atoms with E-state index >= 15 is 0 Å². The van der Waals surface area contributed by atoms with E-state index < -0.39 is 5.41 Å². The molecule has 2 heterocycles. The Kier molecular flexibility index (Phi) is 4.92. The summed E-state index contributed by atoms with van der Waals surface area (Å²) in [4.78, 5) is 21.0. The third kappa shape index (κ3) is 3.37. The smallest absolute Gasteiger partial charge is 0.281 e. The van der Waals surface area contributed by atoms with Gasteiger partial charge in [-0.25, -0.2) is 0 Å².